The minimum atomic E-state index is -0.369. The van der Waals surface area contributed by atoms with Crippen molar-refractivity contribution in [3.63, 3.8) is 0 Å². The molecular weight excluding hydrogens is 384 g/mol. The Balaban J connectivity index is 1.65. The second-order valence-corrected chi connectivity index (χ2v) is 8.65. The average molecular weight is 409 g/mol. The van der Waals surface area contributed by atoms with Crippen molar-refractivity contribution in [3.8, 4) is 11.5 Å². The highest BCUT2D eigenvalue weighted by Gasteiger charge is 2.25. The van der Waals surface area contributed by atoms with Crippen molar-refractivity contribution in [1.82, 2.24) is 20.3 Å². The molecule has 1 amide bonds. The SMILES string of the molecule is CC(C)[C@H](NC(=O)c1csc2c1CCCC2)c1cc(=O)[nH]c(-c2ccccn2)n1. The van der Waals surface area contributed by atoms with Crippen LogP contribution in [0, 0.1) is 5.92 Å². The molecule has 3 aromatic heterocycles. The van der Waals surface area contributed by atoms with Gasteiger partial charge in [-0.25, -0.2) is 4.98 Å². The largest absolute Gasteiger partial charge is 0.343 e. The molecule has 6 nitrogen and oxygen atoms in total. The first-order chi connectivity index (χ1) is 14.0. The van der Waals surface area contributed by atoms with Gasteiger partial charge in [0.05, 0.1) is 17.3 Å². The van der Waals surface area contributed by atoms with Crippen LogP contribution in [-0.4, -0.2) is 20.9 Å². The van der Waals surface area contributed by atoms with Crippen LogP contribution in [0.25, 0.3) is 11.5 Å². The Kier molecular flexibility index (Phi) is 5.58. The van der Waals surface area contributed by atoms with Crippen molar-refractivity contribution in [2.75, 3.05) is 0 Å². The molecule has 0 spiro atoms. The van der Waals surface area contributed by atoms with Crippen LogP contribution < -0.4 is 10.9 Å². The number of thiophene rings is 1. The van der Waals surface area contributed by atoms with E-state index in [-0.39, 0.29) is 23.4 Å². The molecule has 3 aromatic rings. The van der Waals surface area contributed by atoms with Gasteiger partial charge in [-0.1, -0.05) is 19.9 Å². The van der Waals surface area contributed by atoms with Crippen molar-refractivity contribution < 1.29 is 4.79 Å². The van der Waals surface area contributed by atoms with E-state index >= 15 is 0 Å². The highest BCUT2D eigenvalue weighted by Crippen LogP contribution is 2.31. The van der Waals surface area contributed by atoms with Gasteiger partial charge in [-0.3, -0.25) is 14.6 Å². The van der Waals surface area contributed by atoms with Gasteiger partial charge < -0.3 is 10.3 Å². The molecule has 3 heterocycles. The van der Waals surface area contributed by atoms with E-state index in [2.05, 4.69) is 20.3 Å². The Hall–Kier alpha value is -2.80. The normalized spacial score (nSPS) is 14.4. The quantitative estimate of drug-likeness (QED) is 0.670. The number of rotatable bonds is 5. The Bertz CT molecular complexity index is 1070. The molecule has 0 fully saturated rings. The fourth-order valence-electron chi connectivity index (χ4n) is 3.75. The van der Waals surface area contributed by atoms with E-state index in [1.54, 1.807) is 23.6 Å². The third kappa shape index (κ3) is 4.15. The lowest BCUT2D eigenvalue weighted by molar-refractivity contribution is 0.0923. The molecule has 2 N–H and O–H groups in total. The summed E-state index contributed by atoms with van der Waals surface area (Å²) in [7, 11) is 0. The summed E-state index contributed by atoms with van der Waals surface area (Å²) in [6.07, 6.45) is 5.99. The van der Waals surface area contributed by atoms with Crippen molar-refractivity contribution in [2.45, 2.75) is 45.6 Å². The summed E-state index contributed by atoms with van der Waals surface area (Å²) in [4.78, 5) is 38.3. The molecule has 0 radical (unpaired) electrons. The monoisotopic (exact) mass is 408 g/mol. The first-order valence-corrected chi connectivity index (χ1v) is 10.8. The number of hydrogen-bond acceptors (Lipinski definition) is 5. The van der Waals surface area contributed by atoms with Gasteiger partial charge in [0.25, 0.3) is 11.5 Å². The number of H-pyrrole nitrogens is 1. The van der Waals surface area contributed by atoms with E-state index < -0.39 is 0 Å². The highest BCUT2D eigenvalue weighted by atomic mass is 32.1. The predicted molar refractivity (Wildman–Crippen MR) is 114 cm³/mol. The lowest BCUT2D eigenvalue weighted by atomic mass is 9.95. The second kappa shape index (κ2) is 8.29. The van der Waals surface area contributed by atoms with Crippen molar-refractivity contribution >= 4 is 17.2 Å². The van der Waals surface area contributed by atoms with Gasteiger partial charge in [0.2, 0.25) is 0 Å². The first-order valence-electron chi connectivity index (χ1n) is 9.95. The number of nitrogens with one attached hydrogen (secondary N) is 2. The third-order valence-electron chi connectivity index (χ3n) is 5.25. The van der Waals surface area contributed by atoms with Gasteiger partial charge in [0.15, 0.2) is 5.82 Å². The fraction of sp³-hybridized carbons (Fsp3) is 0.364. The number of nitrogens with zero attached hydrogens (tertiary/aromatic N) is 2. The molecule has 0 aromatic carbocycles. The zero-order chi connectivity index (χ0) is 20.4. The minimum absolute atomic E-state index is 0.0688. The highest BCUT2D eigenvalue weighted by molar-refractivity contribution is 7.10. The number of amides is 1. The molecule has 0 saturated carbocycles. The topological polar surface area (TPSA) is 87.7 Å². The van der Waals surface area contributed by atoms with Crippen molar-refractivity contribution in [3.05, 3.63) is 67.9 Å². The third-order valence-corrected chi connectivity index (χ3v) is 6.34. The lowest BCUT2D eigenvalue weighted by Crippen LogP contribution is -2.33. The molecule has 4 rings (SSSR count). The molecular formula is C22H24N4O2S. The van der Waals surface area contributed by atoms with Gasteiger partial charge in [0, 0.05) is 22.5 Å². The number of aromatic amines is 1. The summed E-state index contributed by atoms with van der Waals surface area (Å²) in [6, 6.07) is 6.54. The smallest absolute Gasteiger partial charge is 0.252 e. The van der Waals surface area contributed by atoms with Crippen LogP contribution in [0.1, 0.15) is 59.2 Å². The zero-order valence-corrected chi connectivity index (χ0v) is 17.4. The van der Waals surface area contributed by atoms with Crippen LogP contribution in [0.2, 0.25) is 0 Å². The molecule has 0 aliphatic heterocycles. The van der Waals surface area contributed by atoms with Gasteiger partial charge in [0.1, 0.15) is 5.69 Å². The number of carbonyl (C=O) groups is 1. The van der Waals surface area contributed by atoms with E-state index in [4.69, 9.17) is 0 Å². The molecule has 1 aliphatic carbocycles. The first kappa shape index (κ1) is 19.5. The van der Waals surface area contributed by atoms with Crippen LogP contribution in [0.3, 0.4) is 0 Å². The van der Waals surface area contributed by atoms with E-state index in [1.807, 2.05) is 31.4 Å². The molecule has 7 heteroatoms. The number of hydrogen-bond donors (Lipinski definition) is 2. The van der Waals surface area contributed by atoms with Gasteiger partial charge in [-0.05, 0) is 49.3 Å². The Morgan fingerprint density at radius 3 is 2.83 bits per heavy atom. The van der Waals surface area contributed by atoms with Crippen LogP contribution in [0.5, 0.6) is 0 Å². The van der Waals surface area contributed by atoms with Crippen LogP contribution in [0.4, 0.5) is 0 Å². The van der Waals surface area contributed by atoms with E-state index in [0.29, 0.717) is 17.2 Å². The number of aryl methyl sites for hydroxylation is 1. The molecule has 0 bridgehead atoms. The summed E-state index contributed by atoms with van der Waals surface area (Å²) >= 11 is 1.67. The number of pyridine rings is 1. The minimum Gasteiger partial charge on any atom is -0.343 e. The fourth-order valence-corrected chi connectivity index (χ4v) is 4.87. The van der Waals surface area contributed by atoms with E-state index in [9.17, 15) is 9.59 Å². The average Bonchev–Trinajstić information content (AvgIpc) is 3.16. The summed E-state index contributed by atoms with van der Waals surface area (Å²) < 4.78 is 0. The Morgan fingerprint density at radius 2 is 2.07 bits per heavy atom. The molecule has 1 aliphatic rings. The number of fused-ring (bicyclic) bond motifs is 1. The maximum absolute atomic E-state index is 13.1. The standard InChI is InChI=1S/C22H24N4O2S/c1-13(2)20(26-22(28)15-12-29-18-9-4-3-7-14(15)18)17-11-19(27)25-21(24-17)16-8-5-6-10-23-16/h5-6,8,10-13,20H,3-4,7,9H2,1-2H3,(H,26,28)(H,24,25,27)/t20-/m0/s1. The zero-order valence-electron chi connectivity index (χ0n) is 16.6. The van der Waals surface area contributed by atoms with Gasteiger partial charge >= 0.3 is 0 Å². The second-order valence-electron chi connectivity index (χ2n) is 7.69. The summed E-state index contributed by atoms with van der Waals surface area (Å²) in [5.74, 6) is 0.379. The number of aromatic nitrogens is 3. The Labute approximate surface area is 173 Å². The summed E-state index contributed by atoms with van der Waals surface area (Å²) in [5.41, 5.74) is 2.83. The number of carbonyl (C=O) groups excluding carboxylic acids is 1. The van der Waals surface area contributed by atoms with Gasteiger partial charge in [-0.15, -0.1) is 11.3 Å². The molecule has 29 heavy (non-hydrogen) atoms. The predicted octanol–water partition coefficient (Wildman–Crippen LogP) is 3.90. The lowest BCUT2D eigenvalue weighted by Gasteiger charge is -2.22. The molecule has 1 atom stereocenters. The van der Waals surface area contributed by atoms with Gasteiger partial charge in [-0.2, -0.15) is 0 Å². The maximum Gasteiger partial charge on any atom is 0.252 e. The van der Waals surface area contributed by atoms with Crippen LogP contribution in [0.15, 0.2) is 40.6 Å². The van der Waals surface area contributed by atoms with E-state index in [1.165, 1.54) is 22.9 Å². The van der Waals surface area contributed by atoms with Crippen molar-refractivity contribution in [2.24, 2.45) is 5.92 Å². The molecule has 0 saturated heterocycles. The van der Waals surface area contributed by atoms with Crippen LogP contribution in [-0.2, 0) is 12.8 Å². The molecule has 0 unspecified atom stereocenters. The Morgan fingerprint density at radius 1 is 1.24 bits per heavy atom. The maximum atomic E-state index is 13.1. The summed E-state index contributed by atoms with van der Waals surface area (Å²) in [5, 5.41) is 5.09. The summed E-state index contributed by atoms with van der Waals surface area (Å²) in [6.45, 7) is 4.02. The van der Waals surface area contributed by atoms with E-state index in [0.717, 1.165) is 24.8 Å². The van der Waals surface area contributed by atoms with Crippen molar-refractivity contribution in [1.29, 1.82) is 0 Å². The molecule has 150 valence electrons. The van der Waals surface area contributed by atoms with Crippen LogP contribution >= 0.6 is 11.3 Å².